The highest BCUT2D eigenvalue weighted by Gasteiger charge is 2.23. The SMILES string of the molecule is Cc1nc(N)c(C#N)c(N[C@H](C)c2nc3c(F)ccc(Cl)c3c(=O)n2-c2cncc(F)c2)n1. The quantitative estimate of drug-likeness (QED) is 0.465. The Balaban J connectivity index is 1.99. The standard InChI is InChI=1S/C21H15ClF2N8O/c1-9(28-19-13(6-25)18(26)29-10(2)30-19)20-31-17-15(24)4-3-14(22)16(17)21(33)32(20)12-5-11(23)7-27-8-12/h3-5,7-9H,1-2H3,(H3,26,28,29,30)/t9-/m1/s1. The zero-order valence-corrected chi connectivity index (χ0v) is 18.0. The van der Waals surface area contributed by atoms with Crippen molar-refractivity contribution in [3.63, 3.8) is 0 Å². The minimum atomic E-state index is -0.829. The Hall–Kier alpha value is -4.17. The number of fused-ring (bicyclic) bond motifs is 1. The lowest BCUT2D eigenvalue weighted by Crippen LogP contribution is -2.28. The lowest BCUT2D eigenvalue weighted by molar-refractivity contribution is 0.616. The number of hydrogen-bond donors (Lipinski definition) is 2. The van der Waals surface area contributed by atoms with Gasteiger partial charge in [-0.3, -0.25) is 14.3 Å². The van der Waals surface area contributed by atoms with Crippen LogP contribution in [-0.4, -0.2) is 24.5 Å². The fraction of sp³-hybridized carbons (Fsp3) is 0.143. The Labute approximate surface area is 190 Å². The van der Waals surface area contributed by atoms with Gasteiger partial charge in [-0.2, -0.15) is 5.26 Å². The summed E-state index contributed by atoms with van der Waals surface area (Å²) in [5, 5.41) is 12.2. The fourth-order valence-corrected chi connectivity index (χ4v) is 3.61. The molecule has 0 bridgehead atoms. The van der Waals surface area contributed by atoms with E-state index in [0.717, 1.165) is 22.9 Å². The highest BCUT2D eigenvalue weighted by Crippen LogP contribution is 2.27. The first-order valence-corrected chi connectivity index (χ1v) is 9.91. The summed E-state index contributed by atoms with van der Waals surface area (Å²) in [4.78, 5) is 29.7. The predicted octanol–water partition coefficient (Wildman–Crippen LogP) is 3.44. The van der Waals surface area contributed by atoms with E-state index in [-0.39, 0.29) is 44.6 Å². The molecule has 3 heterocycles. The van der Waals surface area contributed by atoms with Gasteiger partial charge in [-0.25, -0.2) is 23.7 Å². The number of aromatic nitrogens is 5. The van der Waals surface area contributed by atoms with Gasteiger partial charge in [0.2, 0.25) is 0 Å². The summed E-state index contributed by atoms with van der Waals surface area (Å²) in [6.07, 6.45) is 2.23. The minimum Gasteiger partial charge on any atom is -0.382 e. The van der Waals surface area contributed by atoms with Crippen LogP contribution in [0.1, 0.15) is 30.2 Å². The lowest BCUT2D eigenvalue weighted by atomic mass is 10.2. The van der Waals surface area contributed by atoms with Gasteiger partial charge in [0.25, 0.3) is 5.56 Å². The number of nitrogens with two attached hydrogens (primary N) is 1. The number of nitrogens with one attached hydrogen (secondary N) is 1. The summed E-state index contributed by atoms with van der Waals surface area (Å²) in [6.45, 7) is 3.20. The zero-order chi connectivity index (χ0) is 23.9. The van der Waals surface area contributed by atoms with Gasteiger partial charge in [-0.15, -0.1) is 0 Å². The second-order valence-corrected chi connectivity index (χ2v) is 7.49. The summed E-state index contributed by atoms with van der Waals surface area (Å²) in [5.74, 6) is -1.08. The number of pyridine rings is 1. The van der Waals surface area contributed by atoms with Crippen LogP contribution in [0.4, 0.5) is 20.4 Å². The number of benzene rings is 1. The van der Waals surface area contributed by atoms with Crippen molar-refractivity contribution in [1.82, 2.24) is 24.5 Å². The van der Waals surface area contributed by atoms with E-state index in [1.54, 1.807) is 13.8 Å². The first-order chi connectivity index (χ1) is 15.7. The van der Waals surface area contributed by atoms with Gasteiger partial charge in [0.15, 0.2) is 5.82 Å². The first kappa shape index (κ1) is 22.0. The van der Waals surface area contributed by atoms with Crippen LogP contribution in [0.3, 0.4) is 0 Å². The molecule has 0 aliphatic rings. The molecule has 166 valence electrons. The Bertz CT molecular complexity index is 1520. The van der Waals surface area contributed by atoms with Gasteiger partial charge in [-0.1, -0.05) is 11.6 Å². The Morgan fingerprint density at radius 1 is 1.24 bits per heavy atom. The molecular weight excluding hydrogens is 454 g/mol. The number of halogens is 3. The number of anilines is 2. The van der Waals surface area contributed by atoms with E-state index in [4.69, 9.17) is 17.3 Å². The summed E-state index contributed by atoms with van der Waals surface area (Å²) in [6, 6.07) is 4.51. The van der Waals surface area contributed by atoms with E-state index in [2.05, 4.69) is 25.3 Å². The van der Waals surface area contributed by atoms with Crippen molar-refractivity contribution in [2.24, 2.45) is 0 Å². The summed E-state index contributed by atoms with van der Waals surface area (Å²) < 4.78 is 29.6. The van der Waals surface area contributed by atoms with Crippen molar-refractivity contribution in [2.75, 3.05) is 11.1 Å². The number of hydrogen-bond acceptors (Lipinski definition) is 8. The van der Waals surface area contributed by atoms with Crippen LogP contribution in [0.5, 0.6) is 0 Å². The van der Waals surface area contributed by atoms with Crippen LogP contribution in [0.25, 0.3) is 16.6 Å². The Morgan fingerprint density at radius 2 is 2.00 bits per heavy atom. The number of nitrogens with zero attached hydrogens (tertiary/aromatic N) is 6. The van der Waals surface area contributed by atoms with Crippen LogP contribution in [0.2, 0.25) is 5.02 Å². The third kappa shape index (κ3) is 3.92. The topological polar surface area (TPSA) is 135 Å². The molecule has 1 atom stereocenters. The van der Waals surface area contributed by atoms with E-state index in [0.29, 0.717) is 5.82 Å². The summed E-state index contributed by atoms with van der Waals surface area (Å²) in [7, 11) is 0. The maximum absolute atomic E-state index is 14.6. The van der Waals surface area contributed by atoms with Gasteiger partial charge < -0.3 is 11.1 Å². The Morgan fingerprint density at radius 3 is 2.70 bits per heavy atom. The largest absolute Gasteiger partial charge is 0.382 e. The lowest BCUT2D eigenvalue weighted by Gasteiger charge is -2.21. The molecule has 0 aliphatic heterocycles. The molecule has 0 amide bonds. The Kier molecular flexibility index (Phi) is 5.61. The minimum absolute atomic E-state index is 0.000191. The molecule has 9 nitrogen and oxygen atoms in total. The molecule has 4 aromatic rings. The second-order valence-electron chi connectivity index (χ2n) is 7.08. The number of nitrogen functional groups attached to an aromatic ring is 1. The molecule has 12 heteroatoms. The van der Waals surface area contributed by atoms with E-state index in [9.17, 15) is 18.8 Å². The zero-order valence-electron chi connectivity index (χ0n) is 17.3. The average Bonchev–Trinajstić information content (AvgIpc) is 2.75. The molecule has 0 fully saturated rings. The molecule has 33 heavy (non-hydrogen) atoms. The molecule has 0 unspecified atom stereocenters. The van der Waals surface area contributed by atoms with Crippen molar-refractivity contribution >= 4 is 34.1 Å². The second kappa shape index (κ2) is 8.40. The van der Waals surface area contributed by atoms with E-state index in [1.165, 1.54) is 12.3 Å². The van der Waals surface area contributed by atoms with Gasteiger partial charge in [0, 0.05) is 6.07 Å². The van der Waals surface area contributed by atoms with E-state index >= 15 is 0 Å². The molecule has 0 spiro atoms. The normalized spacial score (nSPS) is 11.9. The smallest absolute Gasteiger partial charge is 0.267 e. The molecule has 0 saturated carbocycles. The molecular formula is C21H15ClF2N8O. The van der Waals surface area contributed by atoms with Crippen molar-refractivity contribution in [2.45, 2.75) is 19.9 Å². The summed E-state index contributed by atoms with van der Waals surface area (Å²) in [5.41, 5.74) is 4.89. The van der Waals surface area contributed by atoms with Crippen molar-refractivity contribution < 1.29 is 8.78 Å². The number of rotatable bonds is 4. The maximum atomic E-state index is 14.6. The third-order valence-electron chi connectivity index (χ3n) is 4.80. The van der Waals surface area contributed by atoms with Crippen molar-refractivity contribution in [1.29, 1.82) is 5.26 Å². The molecule has 3 aromatic heterocycles. The number of nitriles is 1. The van der Waals surface area contributed by atoms with E-state index in [1.807, 2.05) is 6.07 Å². The molecule has 3 N–H and O–H groups in total. The van der Waals surface area contributed by atoms with Crippen LogP contribution < -0.4 is 16.6 Å². The van der Waals surface area contributed by atoms with Crippen LogP contribution in [0.15, 0.2) is 35.4 Å². The molecule has 0 saturated heterocycles. The monoisotopic (exact) mass is 468 g/mol. The van der Waals surface area contributed by atoms with Crippen molar-refractivity contribution in [3.8, 4) is 11.8 Å². The van der Waals surface area contributed by atoms with Crippen LogP contribution >= 0.6 is 11.6 Å². The molecule has 4 rings (SSSR count). The predicted molar refractivity (Wildman–Crippen MR) is 118 cm³/mol. The van der Waals surface area contributed by atoms with Crippen LogP contribution in [-0.2, 0) is 0 Å². The first-order valence-electron chi connectivity index (χ1n) is 9.53. The maximum Gasteiger partial charge on any atom is 0.267 e. The van der Waals surface area contributed by atoms with Crippen LogP contribution in [0, 0.1) is 29.9 Å². The molecule has 0 aliphatic carbocycles. The molecule has 1 aromatic carbocycles. The fourth-order valence-electron chi connectivity index (χ4n) is 3.38. The third-order valence-corrected chi connectivity index (χ3v) is 5.11. The number of aryl methyl sites for hydroxylation is 1. The molecule has 0 radical (unpaired) electrons. The highest BCUT2D eigenvalue weighted by atomic mass is 35.5. The average molecular weight is 469 g/mol. The van der Waals surface area contributed by atoms with Gasteiger partial charge in [-0.05, 0) is 26.0 Å². The van der Waals surface area contributed by atoms with Gasteiger partial charge >= 0.3 is 0 Å². The van der Waals surface area contributed by atoms with E-state index < -0.39 is 23.2 Å². The van der Waals surface area contributed by atoms with Crippen molar-refractivity contribution in [3.05, 3.63) is 74.8 Å². The highest BCUT2D eigenvalue weighted by molar-refractivity contribution is 6.35. The van der Waals surface area contributed by atoms with Gasteiger partial charge in [0.1, 0.15) is 46.3 Å². The summed E-state index contributed by atoms with van der Waals surface area (Å²) >= 11 is 6.17. The van der Waals surface area contributed by atoms with Gasteiger partial charge in [0.05, 0.1) is 34.5 Å².